The van der Waals surface area contributed by atoms with Crippen molar-refractivity contribution in [1.29, 1.82) is 0 Å². The van der Waals surface area contributed by atoms with Crippen molar-refractivity contribution in [2.45, 2.75) is 50.4 Å². The zero-order valence-electron chi connectivity index (χ0n) is 13.6. The highest BCUT2D eigenvalue weighted by Gasteiger charge is 2.36. The minimum atomic E-state index is -0.427. The molecule has 130 valence electrons. The van der Waals surface area contributed by atoms with Gasteiger partial charge in [0.15, 0.2) is 0 Å². The van der Waals surface area contributed by atoms with E-state index in [4.69, 9.17) is 20.9 Å². The Morgan fingerprint density at radius 1 is 1.52 bits per heavy atom. The summed E-state index contributed by atoms with van der Waals surface area (Å²) in [6.45, 7) is 6.81. The van der Waals surface area contributed by atoms with Crippen LogP contribution in [0.4, 0.5) is 5.82 Å². The number of anilines is 1. The molecule has 1 aromatic rings. The van der Waals surface area contributed by atoms with E-state index in [9.17, 15) is 4.79 Å². The molecule has 0 spiro atoms. The van der Waals surface area contributed by atoms with Crippen LogP contribution in [-0.4, -0.2) is 39.0 Å². The molecule has 1 aromatic heterocycles. The van der Waals surface area contributed by atoms with Gasteiger partial charge in [-0.05, 0) is 6.07 Å². The highest BCUT2D eigenvalue weighted by atomic mass is 33.1. The molecule has 0 bridgehead atoms. The van der Waals surface area contributed by atoms with Crippen LogP contribution in [0.2, 0.25) is 0 Å². The van der Waals surface area contributed by atoms with Gasteiger partial charge >= 0.3 is 5.69 Å². The van der Waals surface area contributed by atoms with Crippen molar-refractivity contribution in [2.75, 3.05) is 18.2 Å². The third-order valence-corrected chi connectivity index (χ3v) is 6.21. The first-order chi connectivity index (χ1) is 10.8. The number of rotatable bonds is 6. The summed E-state index contributed by atoms with van der Waals surface area (Å²) in [5, 5.41) is 0. The smallest absolute Gasteiger partial charge is 0.351 e. The molecule has 0 aliphatic carbocycles. The molecule has 23 heavy (non-hydrogen) atoms. The topological polar surface area (TPSA) is 105 Å². The summed E-state index contributed by atoms with van der Waals surface area (Å²) in [5.74, 6) is 0.747. The van der Waals surface area contributed by atoms with Gasteiger partial charge in [0.25, 0.3) is 0 Å². The molecule has 2 heterocycles. The van der Waals surface area contributed by atoms with E-state index >= 15 is 0 Å². The monoisotopic (exact) mass is 360 g/mol. The molecule has 1 unspecified atom stereocenters. The van der Waals surface area contributed by atoms with E-state index in [0.29, 0.717) is 18.9 Å². The Morgan fingerprint density at radius 2 is 2.26 bits per heavy atom. The quantitative estimate of drug-likeness (QED) is 0.448. The molecule has 0 aromatic carbocycles. The molecule has 9 heteroatoms. The molecule has 7 nitrogen and oxygen atoms in total. The molecular weight excluding hydrogens is 336 g/mol. The van der Waals surface area contributed by atoms with Crippen molar-refractivity contribution in [2.24, 2.45) is 5.73 Å². The molecule has 1 aliphatic heterocycles. The molecule has 1 aliphatic rings. The third-order valence-electron chi connectivity index (χ3n) is 3.21. The lowest BCUT2D eigenvalue weighted by Gasteiger charge is -2.19. The standard InChI is InChI=1S/C14H24N4O3S2/c1-14(2,3)23-22-8-20-9-6-12(21-10(9)7-15)18-5-4-11(16)17-13(18)19/h4-5,9-10,12H,6-8,15H2,1-3H3,(H2,16,17,19)/t9?,10-,12-/m1/s1. The lowest BCUT2D eigenvalue weighted by atomic mass is 10.2. The summed E-state index contributed by atoms with van der Waals surface area (Å²) in [6.07, 6.45) is 1.37. The van der Waals surface area contributed by atoms with Crippen LogP contribution in [-0.2, 0) is 9.47 Å². The van der Waals surface area contributed by atoms with E-state index in [-0.39, 0.29) is 22.8 Å². The van der Waals surface area contributed by atoms with E-state index in [1.54, 1.807) is 33.9 Å². The van der Waals surface area contributed by atoms with Gasteiger partial charge in [0.2, 0.25) is 0 Å². The van der Waals surface area contributed by atoms with E-state index in [1.807, 2.05) is 0 Å². The second kappa shape index (κ2) is 7.89. The van der Waals surface area contributed by atoms with Crippen LogP contribution < -0.4 is 17.2 Å². The second-order valence-electron chi connectivity index (χ2n) is 6.28. The maximum absolute atomic E-state index is 11.9. The Balaban J connectivity index is 1.93. The summed E-state index contributed by atoms with van der Waals surface area (Å²) in [6, 6.07) is 1.58. The minimum Gasteiger partial charge on any atom is -0.383 e. The van der Waals surface area contributed by atoms with E-state index in [0.717, 1.165) is 0 Å². The van der Waals surface area contributed by atoms with Crippen molar-refractivity contribution in [3.63, 3.8) is 0 Å². The molecule has 1 saturated heterocycles. The van der Waals surface area contributed by atoms with Crippen molar-refractivity contribution in [3.8, 4) is 0 Å². The third kappa shape index (κ3) is 5.39. The summed E-state index contributed by atoms with van der Waals surface area (Å²) in [4.78, 5) is 15.6. The molecule has 4 N–H and O–H groups in total. The highest BCUT2D eigenvalue weighted by Crippen LogP contribution is 2.36. The Hall–Kier alpha value is -0.740. The maximum atomic E-state index is 11.9. The van der Waals surface area contributed by atoms with Crippen molar-refractivity contribution in [3.05, 3.63) is 22.7 Å². The summed E-state index contributed by atoms with van der Waals surface area (Å²) in [7, 11) is 3.43. The summed E-state index contributed by atoms with van der Waals surface area (Å²) >= 11 is 0. The van der Waals surface area contributed by atoms with E-state index in [2.05, 4.69) is 25.8 Å². The highest BCUT2D eigenvalue weighted by molar-refractivity contribution is 8.77. The van der Waals surface area contributed by atoms with Gasteiger partial charge in [0, 0.05) is 23.9 Å². The zero-order chi connectivity index (χ0) is 17.0. The molecule has 0 radical (unpaired) electrons. The second-order valence-corrected chi connectivity index (χ2v) is 9.35. The van der Waals surface area contributed by atoms with Crippen LogP contribution >= 0.6 is 21.6 Å². The van der Waals surface area contributed by atoms with E-state index in [1.165, 1.54) is 4.57 Å². The van der Waals surface area contributed by atoms with Gasteiger partial charge in [-0.3, -0.25) is 4.57 Å². The first kappa shape index (κ1) is 18.6. The van der Waals surface area contributed by atoms with Crippen LogP contribution in [0.25, 0.3) is 0 Å². The van der Waals surface area contributed by atoms with Crippen LogP contribution in [0.3, 0.4) is 0 Å². The Labute approximate surface area is 143 Å². The van der Waals surface area contributed by atoms with Crippen LogP contribution in [0, 0.1) is 0 Å². The average molecular weight is 361 g/mol. The lowest BCUT2D eigenvalue weighted by Crippen LogP contribution is -2.32. The molecule has 1 fully saturated rings. The number of aromatic nitrogens is 2. The predicted molar refractivity (Wildman–Crippen MR) is 95.2 cm³/mol. The Morgan fingerprint density at radius 3 is 2.87 bits per heavy atom. The average Bonchev–Trinajstić information content (AvgIpc) is 2.85. The minimum absolute atomic E-state index is 0.137. The number of nitrogen functional groups attached to an aromatic ring is 1. The Bertz CT molecular complexity index is 576. The summed E-state index contributed by atoms with van der Waals surface area (Å²) < 4.78 is 13.3. The molecular formula is C14H24N4O3S2. The van der Waals surface area contributed by atoms with Crippen LogP contribution in [0.1, 0.15) is 33.4 Å². The molecule has 2 rings (SSSR count). The van der Waals surface area contributed by atoms with Gasteiger partial charge in [-0.2, -0.15) is 4.98 Å². The maximum Gasteiger partial charge on any atom is 0.351 e. The predicted octanol–water partition coefficient (Wildman–Crippen LogP) is 1.59. The normalized spacial score (nSPS) is 25.0. The van der Waals surface area contributed by atoms with Gasteiger partial charge in [0.05, 0.1) is 12.2 Å². The van der Waals surface area contributed by atoms with Crippen LogP contribution in [0.15, 0.2) is 17.1 Å². The number of nitrogens with zero attached hydrogens (tertiary/aromatic N) is 2. The fourth-order valence-electron chi connectivity index (χ4n) is 2.22. The van der Waals surface area contributed by atoms with Crippen molar-refractivity contribution < 1.29 is 9.47 Å². The fraction of sp³-hybridized carbons (Fsp3) is 0.714. The SMILES string of the molecule is CC(C)(C)SSCOC1C[C@H](n2ccc(N)nc2=O)O[C@@H]1CN. The van der Waals surface area contributed by atoms with Crippen molar-refractivity contribution >= 4 is 27.4 Å². The van der Waals surface area contributed by atoms with E-state index < -0.39 is 11.9 Å². The van der Waals surface area contributed by atoms with Gasteiger partial charge in [0.1, 0.15) is 18.0 Å². The number of nitrogens with two attached hydrogens (primary N) is 2. The van der Waals surface area contributed by atoms with Gasteiger partial charge in [-0.25, -0.2) is 4.79 Å². The number of hydrogen-bond donors (Lipinski definition) is 2. The molecule has 0 amide bonds. The van der Waals surface area contributed by atoms with Gasteiger partial charge in [-0.1, -0.05) is 42.4 Å². The fourth-order valence-corrected chi connectivity index (χ4v) is 4.22. The number of hydrogen-bond acceptors (Lipinski definition) is 8. The van der Waals surface area contributed by atoms with Crippen LogP contribution in [0.5, 0.6) is 0 Å². The van der Waals surface area contributed by atoms with Gasteiger partial charge < -0.3 is 20.9 Å². The molecule has 3 atom stereocenters. The summed E-state index contributed by atoms with van der Waals surface area (Å²) in [5.41, 5.74) is 10.8. The van der Waals surface area contributed by atoms with Gasteiger partial charge in [-0.15, -0.1) is 0 Å². The number of ether oxygens (including phenoxy) is 2. The lowest BCUT2D eigenvalue weighted by molar-refractivity contribution is -0.0257. The Kier molecular flexibility index (Phi) is 6.38. The zero-order valence-corrected chi connectivity index (χ0v) is 15.2. The van der Waals surface area contributed by atoms with Crippen molar-refractivity contribution in [1.82, 2.24) is 9.55 Å². The largest absolute Gasteiger partial charge is 0.383 e. The molecule has 0 saturated carbocycles. The first-order valence-corrected chi connectivity index (χ1v) is 9.74. The first-order valence-electron chi connectivity index (χ1n) is 7.42.